The van der Waals surface area contributed by atoms with Gasteiger partial charge in [-0.1, -0.05) is 30.3 Å². The van der Waals surface area contributed by atoms with Crippen molar-refractivity contribution in [2.45, 2.75) is 38.1 Å². The molecule has 0 unspecified atom stereocenters. The second kappa shape index (κ2) is 9.42. The first-order valence-electron chi connectivity index (χ1n) is 8.95. The summed E-state index contributed by atoms with van der Waals surface area (Å²) in [7, 11) is 1.67. The van der Waals surface area contributed by atoms with Crippen molar-refractivity contribution in [1.29, 1.82) is 0 Å². The van der Waals surface area contributed by atoms with Gasteiger partial charge in [-0.05, 0) is 31.7 Å². The molecule has 25 heavy (non-hydrogen) atoms. The van der Waals surface area contributed by atoms with Crippen molar-refractivity contribution in [1.82, 2.24) is 15.5 Å². The molecule has 0 spiro atoms. The highest BCUT2D eigenvalue weighted by Crippen LogP contribution is 2.26. The molecule has 6 heteroatoms. The quantitative estimate of drug-likeness (QED) is 0.792. The molecule has 0 saturated carbocycles. The van der Waals surface area contributed by atoms with Gasteiger partial charge in [-0.2, -0.15) is 0 Å². The molecule has 138 valence electrons. The third kappa shape index (κ3) is 5.74. The highest BCUT2D eigenvalue weighted by atomic mass is 16.5. The SMILES string of the molecule is CCNC(=O)NC1(CCOC)CCN(C(=O)Cc2ccccc2)CC1. The predicted molar refractivity (Wildman–Crippen MR) is 97.4 cm³/mol. The van der Waals surface area contributed by atoms with Crippen LogP contribution < -0.4 is 10.6 Å². The Hall–Kier alpha value is -2.08. The highest BCUT2D eigenvalue weighted by molar-refractivity contribution is 5.79. The molecule has 2 N–H and O–H groups in total. The van der Waals surface area contributed by atoms with E-state index < -0.39 is 0 Å². The van der Waals surface area contributed by atoms with E-state index in [1.54, 1.807) is 7.11 Å². The van der Waals surface area contributed by atoms with Crippen LogP contribution in [-0.4, -0.2) is 55.7 Å². The fourth-order valence-corrected chi connectivity index (χ4v) is 3.25. The molecule has 3 amide bonds. The average Bonchev–Trinajstić information content (AvgIpc) is 2.61. The first-order valence-corrected chi connectivity index (χ1v) is 8.95. The van der Waals surface area contributed by atoms with Gasteiger partial charge >= 0.3 is 6.03 Å². The van der Waals surface area contributed by atoms with Crippen LogP contribution in [0.25, 0.3) is 0 Å². The number of carbonyl (C=O) groups excluding carboxylic acids is 2. The molecular weight excluding hydrogens is 318 g/mol. The monoisotopic (exact) mass is 347 g/mol. The number of nitrogens with one attached hydrogen (secondary N) is 2. The van der Waals surface area contributed by atoms with Crippen LogP contribution in [0.5, 0.6) is 0 Å². The molecule has 6 nitrogen and oxygen atoms in total. The summed E-state index contributed by atoms with van der Waals surface area (Å²) in [6.45, 7) is 4.38. The number of carbonyl (C=O) groups is 2. The topological polar surface area (TPSA) is 70.7 Å². The van der Waals surface area contributed by atoms with Crippen LogP contribution in [0.2, 0.25) is 0 Å². The smallest absolute Gasteiger partial charge is 0.315 e. The normalized spacial score (nSPS) is 16.3. The number of benzene rings is 1. The van der Waals surface area contributed by atoms with Crippen molar-refractivity contribution >= 4 is 11.9 Å². The first-order chi connectivity index (χ1) is 12.1. The molecule has 0 aromatic heterocycles. The minimum Gasteiger partial charge on any atom is -0.385 e. The second-order valence-corrected chi connectivity index (χ2v) is 6.55. The van der Waals surface area contributed by atoms with E-state index >= 15 is 0 Å². The standard InChI is InChI=1S/C19H29N3O3/c1-3-20-18(24)21-19(11-14-25-2)9-12-22(13-10-19)17(23)15-16-7-5-4-6-8-16/h4-8H,3,9-15H2,1-2H3,(H2,20,21,24). The van der Waals surface area contributed by atoms with Crippen LogP contribution in [0.3, 0.4) is 0 Å². The van der Waals surface area contributed by atoms with E-state index in [2.05, 4.69) is 10.6 Å². The van der Waals surface area contributed by atoms with Crippen LogP contribution >= 0.6 is 0 Å². The van der Waals surface area contributed by atoms with E-state index in [1.165, 1.54) is 0 Å². The van der Waals surface area contributed by atoms with Gasteiger partial charge in [0.25, 0.3) is 0 Å². The molecule has 0 aliphatic carbocycles. The van der Waals surface area contributed by atoms with Gasteiger partial charge in [-0.15, -0.1) is 0 Å². The van der Waals surface area contributed by atoms with Crippen LogP contribution in [-0.2, 0) is 16.0 Å². The van der Waals surface area contributed by atoms with Crippen LogP contribution in [0, 0.1) is 0 Å². The molecular formula is C19H29N3O3. The van der Waals surface area contributed by atoms with Gasteiger partial charge in [-0.3, -0.25) is 4.79 Å². The van der Waals surface area contributed by atoms with E-state index in [9.17, 15) is 9.59 Å². The zero-order chi connectivity index (χ0) is 18.1. The summed E-state index contributed by atoms with van der Waals surface area (Å²) >= 11 is 0. The van der Waals surface area contributed by atoms with Crippen molar-refractivity contribution in [3.63, 3.8) is 0 Å². The molecule has 1 aromatic rings. The maximum absolute atomic E-state index is 12.5. The third-order valence-corrected chi connectivity index (χ3v) is 4.77. The van der Waals surface area contributed by atoms with E-state index in [4.69, 9.17) is 4.74 Å². The minimum atomic E-state index is -0.307. The Morgan fingerprint density at radius 2 is 1.88 bits per heavy atom. The molecule has 1 heterocycles. The van der Waals surface area contributed by atoms with Crippen molar-refractivity contribution in [2.75, 3.05) is 33.4 Å². The molecule has 1 aromatic carbocycles. The fraction of sp³-hybridized carbons (Fsp3) is 0.579. The van der Waals surface area contributed by atoms with Gasteiger partial charge in [0.1, 0.15) is 0 Å². The lowest BCUT2D eigenvalue weighted by Crippen LogP contribution is -2.58. The van der Waals surface area contributed by atoms with E-state index in [1.807, 2.05) is 42.2 Å². The maximum Gasteiger partial charge on any atom is 0.315 e. The Bertz CT molecular complexity index is 554. The Labute approximate surface area is 149 Å². The Kier molecular flexibility index (Phi) is 7.25. The second-order valence-electron chi connectivity index (χ2n) is 6.55. The summed E-state index contributed by atoms with van der Waals surface area (Å²) < 4.78 is 5.21. The number of likely N-dealkylation sites (tertiary alicyclic amines) is 1. The lowest BCUT2D eigenvalue weighted by molar-refractivity contribution is -0.132. The lowest BCUT2D eigenvalue weighted by atomic mass is 9.84. The van der Waals surface area contributed by atoms with Crippen molar-refractivity contribution in [3.8, 4) is 0 Å². The molecule has 2 rings (SSSR count). The zero-order valence-corrected chi connectivity index (χ0v) is 15.2. The summed E-state index contributed by atoms with van der Waals surface area (Å²) in [6, 6.07) is 9.65. The number of urea groups is 1. The van der Waals surface area contributed by atoms with Gasteiger partial charge in [0.15, 0.2) is 0 Å². The molecule has 1 saturated heterocycles. The van der Waals surface area contributed by atoms with Gasteiger partial charge in [-0.25, -0.2) is 4.79 Å². The molecule has 1 fully saturated rings. The maximum atomic E-state index is 12.5. The predicted octanol–water partition coefficient (Wildman–Crippen LogP) is 1.95. The number of amides is 3. The first kappa shape index (κ1) is 19.2. The zero-order valence-electron chi connectivity index (χ0n) is 15.2. The Morgan fingerprint density at radius 1 is 1.20 bits per heavy atom. The van der Waals surface area contributed by atoms with Crippen LogP contribution in [0.4, 0.5) is 4.79 Å². The summed E-state index contributed by atoms with van der Waals surface area (Å²) in [4.78, 5) is 26.4. The Morgan fingerprint density at radius 3 is 2.48 bits per heavy atom. The van der Waals surface area contributed by atoms with Crippen LogP contribution in [0.15, 0.2) is 30.3 Å². The largest absolute Gasteiger partial charge is 0.385 e. The summed E-state index contributed by atoms with van der Waals surface area (Å²) in [5.41, 5.74) is 0.725. The third-order valence-electron chi connectivity index (χ3n) is 4.77. The van der Waals surface area contributed by atoms with E-state index in [-0.39, 0.29) is 17.5 Å². The van der Waals surface area contributed by atoms with Crippen molar-refractivity contribution in [3.05, 3.63) is 35.9 Å². The van der Waals surface area contributed by atoms with Gasteiger partial charge in [0, 0.05) is 38.9 Å². The van der Waals surface area contributed by atoms with Crippen molar-refractivity contribution < 1.29 is 14.3 Å². The summed E-state index contributed by atoms with van der Waals surface area (Å²) in [6.07, 6.45) is 2.67. The van der Waals surface area contributed by atoms with Gasteiger partial charge in [0.05, 0.1) is 6.42 Å². The van der Waals surface area contributed by atoms with Crippen LogP contribution in [0.1, 0.15) is 31.7 Å². The molecule has 0 atom stereocenters. The highest BCUT2D eigenvalue weighted by Gasteiger charge is 2.36. The van der Waals surface area contributed by atoms with E-state index in [0.717, 1.165) is 24.8 Å². The Balaban J connectivity index is 1.93. The minimum absolute atomic E-state index is 0.143. The number of ether oxygens (including phenoxy) is 1. The van der Waals surface area contributed by atoms with E-state index in [0.29, 0.717) is 32.7 Å². The number of piperidine rings is 1. The number of methoxy groups -OCH3 is 1. The van der Waals surface area contributed by atoms with Gasteiger partial charge in [0.2, 0.25) is 5.91 Å². The fourth-order valence-electron chi connectivity index (χ4n) is 3.25. The summed E-state index contributed by atoms with van der Waals surface area (Å²) in [5.74, 6) is 0.143. The van der Waals surface area contributed by atoms with Crippen molar-refractivity contribution in [2.24, 2.45) is 0 Å². The lowest BCUT2D eigenvalue weighted by Gasteiger charge is -2.42. The molecule has 0 bridgehead atoms. The molecule has 0 radical (unpaired) electrons. The summed E-state index contributed by atoms with van der Waals surface area (Å²) in [5, 5.41) is 5.90. The number of hydrogen-bond donors (Lipinski definition) is 2. The number of nitrogens with zero attached hydrogens (tertiary/aromatic N) is 1. The average molecular weight is 347 g/mol. The number of hydrogen-bond acceptors (Lipinski definition) is 3. The molecule has 1 aliphatic heterocycles. The number of rotatable bonds is 7. The van der Waals surface area contributed by atoms with Gasteiger partial charge < -0.3 is 20.3 Å². The molecule has 1 aliphatic rings.